The van der Waals surface area contributed by atoms with E-state index >= 15 is 0 Å². The van der Waals surface area contributed by atoms with Gasteiger partial charge in [-0.05, 0) is 17.7 Å². The number of benzene rings is 1. The maximum Gasteiger partial charge on any atom is 0.338 e. The summed E-state index contributed by atoms with van der Waals surface area (Å²) in [6.07, 6.45) is 0. The van der Waals surface area contributed by atoms with Gasteiger partial charge in [0.15, 0.2) is 0 Å². The van der Waals surface area contributed by atoms with Crippen LogP contribution in [0.15, 0.2) is 23.3 Å². The molecule has 1 rings (SSSR count). The Morgan fingerprint density at radius 3 is 3.00 bits per heavy atom. The minimum atomic E-state index is -1.14. The van der Waals surface area contributed by atoms with Crippen LogP contribution in [0.5, 0.6) is 0 Å². The highest BCUT2D eigenvalue weighted by Crippen LogP contribution is 2.19. The average Bonchev–Trinajstić information content (AvgIpc) is 2.24. The minimum absolute atomic E-state index is 0.0118. The molecule has 0 atom stereocenters. The van der Waals surface area contributed by atoms with Crippen LogP contribution in [0.1, 0.15) is 15.9 Å². The Kier molecular flexibility index (Phi) is 4.22. The van der Waals surface area contributed by atoms with E-state index in [9.17, 15) is 4.79 Å². The van der Waals surface area contributed by atoms with Gasteiger partial charge in [0.25, 0.3) is 0 Å². The lowest BCUT2D eigenvalue weighted by Gasteiger charge is -2.00. The number of aromatic carboxylic acids is 1. The lowest BCUT2D eigenvalue weighted by Crippen LogP contribution is -2.01. The first kappa shape index (κ1) is 11.9. The molecule has 6 heteroatoms. The van der Waals surface area contributed by atoms with E-state index in [0.717, 1.165) is 0 Å². The van der Waals surface area contributed by atoms with Gasteiger partial charge in [-0.15, -0.1) is 0 Å². The number of halogens is 1. The summed E-state index contributed by atoms with van der Waals surface area (Å²) in [6.45, 7) is -0.0118. The van der Waals surface area contributed by atoms with E-state index in [-0.39, 0.29) is 17.1 Å². The molecule has 16 heavy (non-hydrogen) atoms. The highest BCUT2D eigenvalue weighted by atomic mass is 35.5. The molecular formula is C10H6ClN3O2. The van der Waals surface area contributed by atoms with E-state index in [1.54, 1.807) is 12.1 Å². The van der Waals surface area contributed by atoms with E-state index in [1.165, 1.54) is 6.07 Å². The van der Waals surface area contributed by atoms with Gasteiger partial charge in [0.05, 0.1) is 17.1 Å². The first-order chi connectivity index (χ1) is 7.66. The zero-order valence-electron chi connectivity index (χ0n) is 8.01. The van der Waals surface area contributed by atoms with Crippen LogP contribution in [0, 0.1) is 11.8 Å². The summed E-state index contributed by atoms with van der Waals surface area (Å²) in [6, 6.07) is 4.62. The monoisotopic (exact) mass is 235 g/mol. The van der Waals surface area contributed by atoms with Gasteiger partial charge < -0.3 is 5.11 Å². The number of hydrogen-bond acceptors (Lipinski definition) is 2. The van der Waals surface area contributed by atoms with Crippen LogP contribution in [0.3, 0.4) is 0 Å². The SMILES string of the molecule is [N-]=[N+]=NCC#Cc1cccc(Cl)c1C(=O)O. The van der Waals surface area contributed by atoms with Crippen molar-refractivity contribution >= 4 is 17.6 Å². The van der Waals surface area contributed by atoms with Gasteiger partial charge in [0.2, 0.25) is 0 Å². The predicted molar refractivity (Wildman–Crippen MR) is 59.3 cm³/mol. The molecule has 0 aliphatic heterocycles. The molecular weight excluding hydrogens is 230 g/mol. The maximum atomic E-state index is 10.9. The molecule has 80 valence electrons. The van der Waals surface area contributed by atoms with Crippen molar-refractivity contribution in [3.8, 4) is 11.8 Å². The summed E-state index contributed by atoms with van der Waals surface area (Å²) in [7, 11) is 0. The van der Waals surface area contributed by atoms with Crippen LogP contribution in [0.25, 0.3) is 10.4 Å². The Bertz CT molecular complexity index is 525. The van der Waals surface area contributed by atoms with Gasteiger partial charge in [0.1, 0.15) is 0 Å². The Labute approximate surface area is 96.3 Å². The Hall–Kier alpha value is -2.15. The van der Waals surface area contributed by atoms with Crippen LogP contribution in [0.2, 0.25) is 5.02 Å². The summed E-state index contributed by atoms with van der Waals surface area (Å²) >= 11 is 5.73. The second kappa shape index (κ2) is 5.66. The second-order valence-electron chi connectivity index (χ2n) is 2.66. The molecule has 0 aromatic heterocycles. The molecule has 0 aliphatic rings. The third kappa shape index (κ3) is 2.92. The fourth-order valence-corrected chi connectivity index (χ4v) is 1.30. The Balaban J connectivity index is 3.11. The number of carboxylic acids is 1. The highest BCUT2D eigenvalue weighted by Gasteiger charge is 2.12. The molecule has 0 aliphatic carbocycles. The van der Waals surface area contributed by atoms with Crippen LogP contribution in [-0.2, 0) is 0 Å². The van der Waals surface area contributed by atoms with Crippen molar-refractivity contribution in [1.82, 2.24) is 0 Å². The van der Waals surface area contributed by atoms with Crippen molar-refractivity contribution < 1.29 is 9.90 Å². The Morgan fingerprint density at radius 1 is 1.62 bits per heavy atom. The van der Waals surface area contributed by atoms with Crippen molar-refractivity contribution in [3.05, 3.63) is 44.8 Å². The van der Waals surface area contributed by atoms with Crippen molar-refractivity contribution in [2.45, 2.75) is 0 Å². The van der Waals surface area contributed by atoms with Gasteiger partial charge in [0, 0.05) is 10.5 Å². The zero-order valence-corrected chi connectivity index (χ0v) is 8.77. The molecule has 0 saturated carbocycles. The minimum Gasteiger partial charge on any atom is -0.478 e. The topological polar surface area (TPSA) is 86.1 Å². The third-order valence-electron chi connectivity index (χ3n) is 1.66. The number of nitrogens with zero attached hydrogens (tertiary/aromatic N) is 3. The molecule has 1 aromatic rings. The summed E-state index contributed by atoms with van der Waals surface area (Å²) in [5.41, 5.74) is 8.28. The number of carboxylic acid groups (broad SMARTS) is 1. The normalized spacial score (nSPS) is 8.56. The molecule has 0 spiro atoms. The van der Waals surface area contributed by atoms with E-state index in [1.807, 2.05) is 0 Å². The summed E-state index contributed by atoms with van der Waals surface area (Å²) in [5.74, 6) is 3.98. The fraction of sp³-hybridized carbons (Fsp3) is 0.100. The second-order valence-corrected chi connectivity index (χ2v) is 3.07. The van der Waals surface area contributed by atoms with E-state index in [0.29, 0.717) is 5.56 Å². The number of carbonyl (C=O) groups is 1. The third-order valence-corrected chi connectivity index (χ3v) is 1.98. The zero-order chi connectivity index (χ0) is 12.0. The standard InChI is InChI=1S/C10H6ClN3O2/c11-8-5-1-3-7(9(8)10(15)16)4-2-6-13-14-12/h1,3,5H,6H2,(H,15,16). The molecule has 0 unspecified atom stereocenters. The maximum absolute atomic E-state index is 10.9. The van der Waals surface area contributed by atoms with Crippen molar-refractivity contribution in [2.24, 2.45) is 5.11 Å². The fourth-order valence-electron chi connectivity index (χ4n) is 1.05. The molecule has 0 saturated heterocycles. The van der Waals surface area contributed by atoms with Gasteiger partial charge in [-0.25, -0.2) is 4.79 Å². The van der Waals surface area contributed by atoms with E-state index in [4.69, 9.17) is 22.2 Å². The molecule has 0 amide bonds. The lowest BCUT2D eigenvalue weighted by molar-refractivity contribution is 0.0697. The summed E-state index contributed by atoms with van der Waals surface area (Å²) < 4.78 is 0. The lowest BCUT2D eigenvalue weighted by atomic mass is 10.1. The average molecular weight is 236 g/mol. The molecule has 0 radical (unpaired) electrons. The number of azide groups is 1. The van der Waals surface area contributed by atoms with Gasteiger partial charge in [-0.3, -0.25) is 0 Å². The summed E-state index contributed by atoms with van der Waals surface area (Å²) in [4.78, 5) is 13.4. The van der Waals surface area contributed by atoms with Crippen molar-refractivity contribution in [2.75, 3.05) is 6.54 Å². The Morgan fingerprint density at radius 2 is 2.38 bits per heavy atom. The van der Waals surface area contributed by atoms with Crippen molar-refractivity contribution in [3.63, 3.8) is 0 Å². The van der Waals surface area contributed by atoms with Gasteiger partial charge in [-0.2, -0.15) is 0 Å². The largest absolute Gasteiger partial charge is 0.478 e. The van der Waals surface area contributed by atoms with Crippen LogP contribution >= 0.6 is 11.6 Å². The molecule has 1 aromatic carbocycles. The van der Waals surface area contributed by atoms with Gasteiger partial charge >= 0.3 is 5.97 Å². The van der Waals surface area contributed by atoms with Gasteiger partial charge in [-0.1, -0.05) is 34.6 Å². The number of rotatable bonds is 2. The molecule has 0 bridgehead atoms. The van der Waals surface area contributed by atoms with Crippen LogP contribution in [0.4, 0.5) is 0 Å². The van der Waals surface area contributed by atoms with Crippen LogP contribution in [-0.4, -0.2) is 17.6 Å². The van der Waals surface area contributed by atoms with Crippen molar-refractivity contribution in [1.29, 1.82) is 0 Å². The molecule has 5 nitrogen and oxygen atoms in total. The summed E-state index contributed by atoms with van der Waals surface area (Å²) in [5, 5.41) is 12.3. The van der Waals surface area contributed by atoms with E-state index in [2.05, 4.69) is 21.9 Å². The quantitative estimate of drug-likeness (QED) is 0.370. The first-order valence-corrected chi connectivity index (χ1v) is 4.56. The molecule has 1 N–H and O–H groups in total. The first-order valence-electron chi connectivity index (χ1n) is 4.18. The highest BCUT2D eigenvalue weighted by molar-refractivity contribution is 6.33. The molecule has 0 heterocycles. The smallest absolute Gasteiger partial charge is 0.338 e. The van der Waals surface area contributed by atoms with Crippen LogP contribution < -0.4 is 0 Å². The predicted octanol–water partition coefficient (Wildman–Crippen LogP) is 2.70. The molecule has 0 fully saturated rings. The number of hydrogen-bond donors (Lipinski definition) is 1. The van der Waals surface area contributed by atoms with E-state index < -0.39 is 5.97 Å².